The highest BCUT2D eigenvalue weighted by Gasteiger charge is 2.26. The summed E-state index contributed by atoms with van der Waals surface area (Å²) in [6, 6.07) is 0.645. The van der Waals surface area contributed by atoms with Crippen molar-refractivity contribution in [3.63, 3.8) is 0 Å². The molecular formula is C11H24Cl2N4O. The molecule has 2 fully saturated rings. The predicted molar refractivity (Wildman–Crippen MR) is 78.0 cm³/mol. The van der Waals surface area contributed by atoms with E-state index in [9.17, 15) is 4.79 Å². The number of carbonyl (C=O) groups excluding carboxylic acids is 1. The molecule has 0 aromatic heterocycles. The zero-order valence-electron chi connectivity index (χ0n) is 11.1. The van der Waals surface area contributed by atoms with Crippen LogP contribution in [0.4, 0.5) is 4.79 Å². The number of likely N-dealkylation sites (N-methyl/N-ethyl adjacent to an activating group) is 1. The van der Waals surface area contributed by atoms with Crippen molar-refractivity contribution in [2.45, 2.75) is 13.0 Å². The fourth-order valence-electron chi connectivity index (χ4n) is 2.30. The maximum absolute atomic E-state index is 12.2. The minimum atomic E-state index is 0. The van der Waals surface area contributed by atoms with E-state index >= 15 is 0 Å². The van der Waals surface area contributed by atoms with Gasteiger partial charge >= 0.3 is 6.03 Å². The molecule has 0 spiro atoms. The molecule has 2 aliphatic heterocycles. The van der Waals surface area contributed by atoms with Gasteiger partial charge in [0.2, 0.25) is 0 Å². The molecule has 2 aliphatic rings. The Bertz CT molecular complexity index is 259. The monoisotopic (exact) mass is 298 g/mol. The van der Waals surface area contributed by atoms with Gasteiger partial charge in [-0.25, -0.2) is 4.79 Å². The van der Waals surface area contributed by atoms with Gasteiger partial charge in [-0.15, -0.1) is 24.8 Å². The Morgan fingerprint density at radius 2 is 1.67 bits per heavy atom. The standard InChI is InChI=1S/C11H22N4O.2ClH/c1-10-9-15(4-3-12-10)11(16)14-7-5-13(2)6-8-14;;/h10,12H,3-9H2,1-2H3;2*1H/t10-;;/m0../s1. The maximum Gasteiger partial charge on any atom is 0.320 e. The summed E-state index contributed by atoms with van der Waals surface area (Å²) in [5, 5.41) is 3.36. The van der Waals surface area contributed by atoms with E-state index in [0.717, 1.165) is 45.8 Å². The molecule has 2 rings (SSSR count). The highest BCUT2D eigenvalue weighted by atomic mass is 35.5. The Balaban J connectivity index is 0.00000144. The molecule has 5 nitrogen and oxygen atoms in total. The van der Waals surface area contributed by atoms with Crippen molar-refractivity contribution in [2.24, 2.45) is 0 Å². The lowest BCUT2D eigenvalue weighted by Gasteiger charge is -2.39. The third-order valence-corrected chi connectivity index (χ3v) is 3.41. The molecule has 0 bridgehead atoms. The van der Waals surface area contributed by atoms with Crippen LogP contribution in [-0.4, -0.2) is 79.6 Å². The molecule has 0 saturated carbocycles. The Morgan fingerprint density at radius 1 is 1.06 bits per heavy atom. The molecule has 7 heteroatoms. The zero-order valence-corrected chi connectivity index (χ0v) is 12.7. The van der Waals surface area contributed by atoms with Crippen molar-refractivity contribution in [2.75, 3.05) is 52.9 Å². The molecule has 2 amide bonds. The summed E-state index contributed by atoms with van der Waals surface area (Å²) in [5.74, 6) is 0. The normalized spacial score (nSPS) is 25.1. The van der Waals surface area contributed by atoms with Crippen molar-refractivity contribution in [3.8, 4) is 0 Å². The molecule has 0 aromatic carbocycles. The summed E-state index contributed by atoms with van der Waals surface area (Å²) in [6.07, 6.45) is 0. The number of rotatable bonds is 0. The van der Waals surface area contributed by atoms with Gasteiger partial charge in [0.15, 0.2) is 0 Å². The topological polar surface area (TPSA) is 38.8 Å². The average molecular weight is 299 g/mol. The van der Waals surface area contributed by atoms with Crippen LogP contribution in [0.1, 0.15) is 6.92 Å². The fraction of sp³-hybridized carbons (Fsp3) is 0.909. The van der Waals surface area contributed by atoms with Crippen molar-refractivity contribution >= 4 is 30.8 Å². The van der Waals surface area contributed by atoms with Crippen LogP contribution in [0.5, 0.6) is 0 Å². The summed E-state index contributed by atoms with van der Waals surface area (Å²) >= 11 is 0. The summed E-state index contributed by atoms with van der Waals surface area (Å²) in [4.78, 5) is 18.4. The number of hydrogen-bond acceptors (Lipinski definition) is 3. The number of piperazine rings is 2. The molecule has 1 N–H and O–H groups in total. The first-order valence-corrected chi connectivity index (χ1v) is 6.12. The third kappa shape index (κ3) is 4.46. The predicted octanol–water partition coefficient (Wildman–Crippen LogP) is 0.491. The first-order chi connectivity index (χ1) is 7.66. The Kier molecular flexibility index (Phi) is 7.94. The molecule has 1 atom stereocenters. The van der Waals surface area contributed by atoms with Crippen LogP contribution in [0.2, 0.25) is 0 Å². The molecule has 0 aromatic rings. The van der Waals surface area contributed by atoms with Gasteiger partial charge < -0.3 is 20.0 Å². The average Bonchev–Trinajstić information content (AvgIpc) is 2.29. The number of halogens is 2. The number of urea groups is 1. The first-order valence-electron chi connectivity index (χ1n) is 6.12. The minimum Gasteiger partial charge on any atom is -0.322 e. The van der Waals surface area contributed by atoms with Crippen molar-refractivity contribution < 1.29 is 4.79 Å². The van der Waals surface area contributed by atoms with Gasteiger partial charge in [0.1, 0.15) is 0 Å². The van der Waals surface area contributed by atoms with E-state index in [1.165, 1.54) is 0 Å². The Morgan fingerprint density at radius 3 is 2.22 bits per heavy atom. The molecule has 18 heavy (non-hydrogen) atoms. The summed E-state index contributed by atoms with van der Waals surface area (Å²) in [7, 11) is 2.11. The highest BCUT2D eigenvalue weighted by Crippen LogP contribution is 2.07. The van der Waals surface area contributed by atoms with Crippen LogP contribution in [0.15, 0.2) is 0 Å². The molecule has 108 valence electrons. The van der Waals surface area contributed by atoms with Crippen LogP contribution in [0.3, 0.4) is 0 Å². The summed E-state index contributed by atoms with van der Waals surface area (Å²) < 4.78 is 0. The lowest BCUT2D eigenvalue weighted by Crippen LogP contribution is -2.57. The maximum atomic E-state index is 12.2. The van der Waals surface area contributed by atoms with Gasteiger partial charge in [0.25, 0.3) is 0 Å². The third-order valence-electron chi connectivity index (χ3n) is 3.41. The van der Waals surface area contributed by atoms with Crippen LogP contribution in [-0.2, 0) is 0 Å². The number of nitrogens with one attached hydrogen (secondary N) is 1. The molecule has 0 aliphatic carbocycles. The van der Waals surface area contributed by atoms with Gasteiger partial charge in [-0.05, 0) is 14.0 Å². The Labute approximate surface area is 122 Å². The lowest BCUT2D eigenvalue weighted by atomic mass is 10.2. The minimum absolute atomic E-state index is 0. The molecular weight excluding hydrogens is 275 g/mol. The zero-order chi connectivity index (χ0) is 11.5. The van der Waals surface area contributed by atoms with Gasteiger partial charge in [0.05, 0.1) is 0 Å². The van der Waals surface area contributed by atoms with E-state index < -0.39 is 0 Å². The van der Waals surface area contributed by atoms with Crippen LogP contribution in [0.25, 0.3) is 0 Å². The SMILES string of the molecule is C[C@H]1CN(C(=O)N2CCN(C)CC2)CCN1.Cl.Cl. The number of amides is 2. The van der Waals surface area contributed by atoms with E-state index in [-0.39, 0.29) is 30.8 Å². The van der Waals surface area contributed by atoms with Crippen LogP contribution >= 0.6 is 24.8 Å². The van der Waals surface area contributed by atoms with Crippen molar-refractivity contribution in [1.29, 1.82) is 0 Å². The van der Waals surface area contributed by atoms with Crippen LogP contribution < -0.4 is 5.32 Å². The van der Waals surface area contributed by atoms with Gasteiger partial charge in [-0.3, -0.25) is 0 Å². The molecule has 2 saturated heterocycles. The summed E-state index contributed by atoms with van der Waals surface area (Å²) in [6.45, 7) is 8.45. The fourth-order valence-corrected chi connectivity index (χ4v) is 2.30. The number of hydrogen-bond donors (Lipinski definition) is 1. The second-order valence-electron chi connectivity index (χ2n) is 4.87. The van der Waals surface area contributed by atoms with E-state index in [1.54, 1.807) is 0 Å². The lowest BCUT2D eigenvalue weighted by molar-refractivity contribution is 0.113. The number of nitrogens with zero attached hydrogens (tertiary/aromatic N) is 3. The first kappa shape index (κ1) is 17.8. The molecule has 0 radical (unpaired) electrons. The van der Waals surface area contributed by atoms with Crippen molar-refractivity contribution in [1.82, 2.24) is 20.0 Å². The summed E-state index contributed by atoms with van der Waals surface area (Å²) in [5.41, 5.74) is 0. The second kappa shape index (κ2) is 8.04. The second-order valence-corrected chi connectivity index (χ2v) is 4.87. The largest absolute Gasteiger partial charge is 0.322 e. The molecule has 2 heterocycles. The van der Waals surface area contributed by atoms with Crippen molar-refractivity contribution in [3.05, 3.63) is 0 Å². The van der Waals surface area contributed by atoms with E-state index in [1.807, 2.05) is 9.80 Å². The van der Waals surface area contributed by atoms with Gasteiger partial charge in [-0.1, -0.05) is 0 Å². The van der Waals surface area contributed by atoms with Gasteiger partial charge in [0, 0.05) is 51.9 Å². The van der Waals surface area contributed by atoms with E-state index in [0.29, 0.717) is 6.04 Å². The quantitative estimate of drug-likeness (QED) is 0.707. The Hall–Kier alpha value is -0.230. The highest BCUT2D eigenvalue weighted by molar-refractivity contribution is 5.85. The smallest absolute Gasteiger partial charge is 0.320 e. The number of carbonyl (C=O) groups is 1. The van der Waals surface area contributed by atoms with Gasteiger partial charge in [-0.2, -0.15) is 0 Å². The molecule has 0 unspecified atom stereocenters. The van der Waals surface area contributed by atoms with Crippen LogP contribution in [0, 0.1) is 0 Å². The van der Waals surface area contributed by atoms with E-state index in [2.05, 4.69) is 24.2 Å². The van der Waals surface area contributed by atoms with E-state index in [4.69, 9.17) is 0 Å².